The maximum absolute atomic E-state index is 4.27. The summed E-state index contributed by atoms with van der Waals surface area (Å²) in [6.45, 7) is 2.15. The molecule has 2 aromatic rings. The topological polar surface area (TPSA) is 24.9 Å². The molecule has 0 amide bonds. The van der Waals surface area contributed by atoms with Crippen molar-refractivity contribution in [2.24, 2.45) is 0 Å². The SMILES string of the molecule is CCc1cccc(Nc2ncccc2Br)c1. The van der Waals surface area contributed by atoms with Crippen molar-refractivity contribution < 1.29 is 0 Å². The number of rotatable bonds is 3. The lowest BCUT2D eigenvalue weighted by Crippen LogP contribution is -1.94. The Morgan fingerprint density at radius 2 is 2.12 bits per heavy atom. The summed E-state index contributed by atoms with van der Waals surface area (Å²) in [5.41, 5.74) is 2.39. The number of nitrogens with one attached hydrogen (secondary N) is 1. The summed E-state index contributed by atoms with van der Waals surface area (Å²) in [6, 6.07) is 12.2. The fourth-order valence-electron chi connectivity index (χ4n) is 1.48. The van der Waals surface area contributed by atoms with Gasteiger partial charge < -0.3 is 5.32 Å². The normalized spacial score (nSPS) is 10.1. The molecule has 0 atom stereocenters. The van der Waals surface area contributed by atoms with Crippen LogP contribution in [0.25, 0.3) is 0 Å². The molecule has 0 saturated carbocycles. The molecule has 2 nitrogen and oxygen atoms in total. The number of benzene rings is 1. The van der Waals surface area contributed by atoms with E-state index in [1.165, 1.54) is 5.56 Å². The second kappa shape index (κ2) is 5.12. The number of aryl methyl sites for hydroxylation is 1. The molecule has 0 spiro atoms. The van der Waals surface area contributed by atoms with E-state index in [9.17, 15) is 0 Å². The summed E-state index contributed by atoms with van der Waals surface area (Å²) in [5.74, 6) is 0.843. The molecule has 0 aliphatic heterocycles. The van der Waals surface area contributed by atoms with Crippen LogP contribution in [0.3, 0.4) is 0 Å². The Hall–Kier alpha value is -1.35. The van der Waals surface area contributed by atoms with Crippen LogP contribution in [0.4, 0.5) is 11.5 Å². The number of nitrogens with zero attached hydrogens (tertiary/aromatic N) is 1. The van der Waals surface area contributed by atoms with Crippen molar-refractivity contribution in [3.05, 3.63) is 52.6 Å². The molecule has 0 radical (unpaired) electrons. The lowest BCUT2D eigenvalue weighted by molar-refractivity contribution is 1.14. The van der Waals surface area contributed by atoms with E-state index in [1.807, 2.05) is 18.2 Å². The molecule has 0 aliphatic carbocycles. The average Bonchev–Trinajstić information content (AvgIpc) is 2.32. The van der Waals surface area contributed by atoms with E-state index in [4.69, 9.17) is 0 Å². The smallest absolute Gasteiger partial charge is 0.144 e. The Labute approximate surface area is 104 Å². The van der Waals surface area contributed by atoms with Gasteiger partial charge in [0.15, 0.2) is 0 Å². The molecule has 1 aromatic carbocycles. The summed E-state index contributed by atoms with van der Waals surface area (Å²) >= 11 is 3.46. The van der Waals surface area contributed by atoms with Crippen LogP contribution in [0.1, 0.15) is 12.5 Å². The highest BCUT2D eigenvalue weighted by atomic mass is 79.9. The highest BCUT2D eigenvalue weighted by Gasteiger charge is 2.00. The van der Waals surface area contributed by atoms with E-state index >= 15 is 0 Å². The Balaban J connectivity index is 2.24. The molecule has 16 heavy (non-hydrogen) atoms. The van der Waals surface area contributed by atoms with E-state index in [-0.39, 0.29) is 0 Å². The minimum atomic E-state index is 0.843. The second-order valence-corrected chi connectivity index (χ2v) is 4.37. The van der Waals surface area contributed by atoms with Gasteiger partial charge in [-0.1, -0.05) is 19.1 Å². The maximum Gasteiger partial charge on any atom is 0.144 e. The first kappa shape index (κ1) is 11.1. The largest absolute Gasteiger partial charge is 0.339 e. The van der Waals surface area contributed by atoms with Crippen LogP contribution in [0.2, 0.25) is 0 Å². The van der Waals surface area contributed by atoms with E-state index < -0.39 is 0 Å². The highest BCUT2D eigenvalue weighted by Crippen LogP contribution is 2.23. The molecule has 1 heterocycles. The maximum atomic E-state index is 4.27. The van der Waals surface area contributed by atoms with Crippen molar-refractivity contribution in [3.8, 4) is 0 Å². The van der Waals surface area contributed by atoms with Crippen LogP contribution >= 0.6 is 15.9 Å². The Bertz CT molecular complexity index is 483. The van der Waals surface area contributed by atoms with Crippen molar-refractivity contribution in [2.45, 2.75) is 13.3 Å². The van der Waals surface area contributed by atoms with Crippen molar-refractivity contribution in [3.63, 3.8) is 0 Å². The minimum Gasteiger partial charge on any atom is -0.339 e. The van der Waals surface area contributed by atoms with Gasteiger partial charge in [-0.05, 0) is 52.2 Å². The zero-order valence-corrected chi connectivity index (χ0v) is 10.7. The van der Waals surface area contributed by atoms with Crippen LogP contribution in [0, 0.1) is 0 Å². The van der Waals surface area contributed by atoms with Gasteiger partial charge in [0.1, 0.15) is 5.82 Å². The van der Waals surface area contributed by atoms with Gasteiger partial charge >= 0.3 is 0 Å². The molecule has 0 saturated heterocycles. The molecule has 3 heteroatoms. The average molecular weight is 277 g/mol. The lowest BCUT2D eigenvalue weighted by atomic mass is 10.1. The zero-order chi connectivity index (χ0) is 11.4. The van der Waals surface area contributed by atoms with Gasteiger partial charge in [-0.15, -0.1) is 0 Å². The second-order valence-electron chi connectivity index (χ2n) is 3.51. The number of anilines is 2. The summed E-state index contributed by atoms with van der Waals surface area (Å²) in [5, 5.41) is 3.29. The lowest BCUT2D eigenvalue weighted by Gasteiger charge is -2.08. The molecule has 0 aliphatic rings. The van der Waals surface area contributed by atoms with E-state index in [0.717, 1.165) is 22.4 Å². The van der Waals surface area contributed by atoms with Crippen LogP contribution in [0.5, 0.6) is 0 Å². The monoisotopic (exact) mass is 276 g/mol. The predicted octanol–water partition coefficient (Wildman–Crippen LogP) is 4.15. The number of aromatic nitrogens is 1. The first-order chi connectivity index (χ1) is 7.79. The summed E-state index contributed by atoms with van der Waals surface area (Å²) in [7, 11) is 0. The van der Waals surface area contributed by atoms with Crippen LogP contribution < -0.4 is 5.32 Å². The Morgan fingerprint density at radius 1 is 1.25 bits per heavy atom. The van der Waals surface area contributed by atoms with E-state index in [2.05, 4.69) is 51.4 Å². The summed E-state index contributed by atoms with van der Waals surface area (Å²) in [4.78, 5) is 4.27. The third-order valence-electron chi connectivity index (χ3n) is 2.36. The van der Waals surface area contributed by atoms with Crippen molar-refractivity contribution >= 4 is 27.4 Å². The van der Waals surface area contributed by atoms with Gasteiger partial charge in [-0.3, -0.25) is 0 Å². The van der Waals surface area contributed by atoms with Gasteiger partial charge in [0.05, 0.1) is 4.47 Å². The van der Waals surface area contributed by atoms with Crippen molar-refractivity contribution in [1.82, 2.24) is 4.98 Å². The van der Waals surface area contributed by atoms with Gasteiger partial charge in [0, 0.05) is 11.9 Å². The predicted molar refractivity (Wildman–Crippen MR) is 71.0 cm³/mol. The summed E-state index contributed by atoms with van der Waals surface area (Å²) < 4.78 is 0.969. The third kappa shape index (κ3) is 2.61. The molecule has 1 N–H and O–H groups in total. The molecular formula is C13H13BrN2. The number of halogens is 1. The van der Waals surface area contributed by atoms with Gasteiger partial charge in [-0.25, -0.2) is 4.98 Å². The first-order valence-corrected chi connectivity index (χ1v) is 6.05. The minimum absolute atomic E-state index is 0.843. The van der Waals surface area contributed by atoms with E-state index in [1.54, 1.807) is 6.20 Å². The third-order valence-corrected chi connectivity index (χ3v) is 3.00. The fraction of sp³-hybridized carbons (Fsp3) is 0.154. The van der Waals surface area contributed by atoms with E-state index in [0.29, 0.717) is 0 Å². The quantitative estimate of drug-likeness (QED) is 0.911. The van der Waals surface area contributed by atoms with Crippen LogP contribution in [0.15, 0.2) is 47.1 Å². The summed E-state index contributed by atoms with van der Waals surface area (Å²) in [6.07, 6.45) is 2.82. The van der Waals surface area contributed by atoms with Gasteiger partial charge in [0.2, 0.25) is 0 Å². The van der Waals surface area contributed by atoms with Gasteiger partial charge in [-0.2, -0.15) is 0 Å². The molecule has 0 bridgehead atoms. The van der Waals surface area contributed by atoms with Crippen LogP contribution in [-0.4, -0.2) is 4.98 Å². The van der Waals surface area contributed by atoms with Crippen molar-refractivity contribution in [1.29, 1.82) is 0 Å². The number of hydrogen-bond donors (Lipinski definition) is 1. The van der Waals surface area contributed by atoms with Crippen molar-refractivity contribution in [2.75, 3.05) is 5.32 Å². The Kier molecular flexibility index (Phi) is 3.57. The van der Waals surface area contributed by atoms with Gasteiger partial charge in [0.25, 0.3) is 0 Å². The zero-order valence-electron chi connectivity index (χ0n) is 9.07. The number of pyridine rings is 1. The number of hydrogen-bond acceptors (Lipinski definition) is 2. The molecular weight excluding hydrogens is 264 g/mol. The molecule has 82 valence electrons. The first-order valence-electron chi connectivity index (χ1n) is 5.26. The Morgan fingerprint density at radius 3 is 2.88 bits per heavy atom. The molecule has 0 fully saturated rings. The highest BCUT2D eigenvalue weighted by molar-refractivity contribution is 9.10. The van der Waals surface area contributed by atoms with Crippen LogP contribution in [-0.2, 0) is 6.42 Å². The molecule has 1 aromatic heterocycles. The molecule has 2 rings (SSSR count). The fourth-order valence-corrected chi connectivity index (χ4v) is 1.84. The molecule has 0 unspecified atom stereocenters. The standard InChI is InChI=1S/C13H13BrN2/c1-2-10-5-3-6-11(9-10)16-13-12(14)7-4-8-15-13/h3-9H,2H2,1H3,(H,15,16).